The molecule has 0 aromatic carbocycles. The van der Waals surface area contributed by atoms with Gasteiger partial charge < -0.3 is 10.3 Å². The fourth-order valence-electron chi connectivity index (χ4n) is 0.819. The lowest BCUT2D eigenvalue weighted by Gasteiger charge is -1.97. The Labute approximate surface area is 70.2 Å². The van der Waals surface area contributed by atoms with Gasteiger partial charge in [-0.05, 0) is 19.1 Å². The second-order valence-corrected chi connectivity index (χ2v) is 2.52. The summed E-state index contributed by atoms with van der Waals surface area (Å²) in [5, 5.41) is 20.3. The van der Waals surface area contributed by atoms with E-state index in [0.717, 1.165) is 5.69 Å². The zero-order chi connectivity index (χ0) is 8.97. The largest absolute Gasteiger partial charge is 0.506 e. The number of nitrogens with zero attached hydrogens (tertiary/aromatic N) is 2. The Balaban J connectivity index is 2.71. The van der Waals surface area contributed by atoms with E-state index in [9.17, 15) is 0 Å². The maximum atomic E-state index is 8.91. The first-order chi connectivity index (χ1) is 5.72. The van der Waals surface area contributed by atoms with E-state index in [1.54, 1.807) is 19.1 Å². The van der Waals surface area contributed by atoms with Crippen molar-refractivity contribution >= 4 is 5.71 Å². The molecule has 0 aliphatic heterocycles. The van der Waals surface area contributed by atoms with Crippen molar-refractivity contribution < 1.29 is 10.3 Å². The molecule has 1 aromatic rings. The van der Waals surface area contributed by atoms with Crippen LogP contribution in [0, 0.1) is 0 Å². The Bertz CT molecular complexity index is 280. The van der Waals surface area contributed by atoms with Crippen molar-refractivity contribution in [3.05, 3.63) is 24.0 Å². The molecule has 2 N–H and O–H groups in total. The van der Waals surface area contributed by atoms with Crippen molar-refractivity contribution in [2.75, 3.05) is 0 Å². The average molecular weight is 166 g/mol. The van der Waals surface area contributed by atoms with Gasteiger partial charge in [-0.3, -0.25) is 4.98 Å². The Morgan fingerprint density at radius 3 is 2.83 bits per heavy atom. The van der Waals surface area contributed by atoms with Crippen LogP contribution < -0.4 is 0 Å². The minimum absolute atomic E-state index is 0.136. The maximum absolute atomic E-state index is 8.91. The van der Waals surface area contributed by atoms with Crippen LogP contribution in [0.25, 0.3) is 0 Å². The second kappa shape index (κ2) is 3.71. The molecule has 1 heterocycles. The van der Waals surface area contributed by atoms with Crippen LogP contribution in [0.1, 0.15) is 12.6 Å². The third-order valence-corrected chi connectivity index (χ3v) is 1.42. The molecule has 64 valence electrons. The summed E-state index contributed by atoms with van der Waals surface area (Å²) < 4.78 is 0. The Hall–Kier alpha value is -1.58. The van der Waals surface area contributed by atoms with Crippen molar-refractivity contribution in [2.45, 2.75) is 13.3 Å². The smallest absolute Gasteiger partial charge is 0.133 e. The highest BCUT2D eigenvalue weighted by Crippen LogP contribution is 2.06. The maximum Gasteiger partial charge on any atom is 0.133 e. The van der Waals surface area contributed by atoms with Crippen molar-refractivity contribution in [2.24, 2.45) is 5.16 Å². The van der Waals surface area contributed by atoms with Gasteiger partial charge in [0.15, 0.2) is 0 Å². The average Bonchev–Trinajstić information content (AvgIpc) is 2.09. The molecule has 12 heavy (non-hydrogen) atoms. The molecule has 4 nitrogen and oxygen atoms in total. The second-order valence-electron chi connectivity index (χ2n) is 2.52. The molecule has 0 aliphatic carbocycles. The molecule has 0 bridgehead atoms. The number of hydrogen-bond donors (Lipinski definition) is 2. The van der Waals surface area contributed by atoms with Gasteiger partial charge >= 0.3 is 0 Å². The molecule has 4 heteroatoms. The SMILES string of the molecule is CC(Cc1ccc(O)cn1)=NO. The van der Waals surface area contributed by atoms with Gasteiger partial charge in [-0.2, -0.15) is 0 Å². The van der Waals surface area contributed by atoms with Gasteiger partial charge in [0.2, 0.25) is 0 Å². The fourth-order valence-corrected chi connectivity index (χ4v) is 0.819. The summed E-state index contributed by atoms with van der Waals surface area (Å²) in [6.07, 6.45) is 1.86. The highest BCUT2D eigenvalue weighted by Gasteiger charge is 1.97. The Kier molecular flexibility index (Phi) is 2.63. The van der Waals surface area contributed by atoms with Crippen molar-refractivity contribution in [3.8, 4) is 5.75 Å². The molecule has 0 spiro atoms. The summed E-state index contributed by atoms with van der Waals surface area (Å²) >= 11 is 0. The minimum Gasteiger partial charge on any atom is -0.506 e. The summed E-state index contributed by atoms with van der Waals surface area (Å²) in [6, 6.07) is 3.23. The molecule has 0 amide bonds. The van der Waals surface area contributed by atoms with E-state index < -0.39 is 0 Å². The molecular weight excluding hydrogens is 156 g/mol. The van der Waals surface area contributed by atoms with Crippen LogP contribution in [0.2, 0.25) is 0 Å². The van der Waals surface area contributed by atoms with Crippen molar-refractivity contribution in [3.63, 3.8) is 0 Å². The van der Waals surface area contributed by atoms with Crippen LogP contribution in [-0.2, 0) is 6.42 Å². The molecule has 1 aromatic heterocycles. The quantitative estimate of drug-likeness (QED) is 0.394. The lowest BCUT2D eigenvalue weighted by molar-refractivity contribution is 0.317. The first kappa shape index (κ1) is 8.52. The van der Waals surface area contributed by atoms with Crippen molar-refractivity contribution in [1.29, 1.82) is 0 Å². The van der Waals surface area contributed by atoms with E-state index in [1.807, 2.05) is 0 Å². The number of oxime groups is 1. The molecule has 0 unspecified atom stereocenters. The number of rotatable bonds is 2. The van der Waals surface area contributed by atoms with E-state index >= 15 is 0 Å². The predicted molar refractivity (Wildman–Crippen MR) is 44.5 cm³/mol. The number of aromatic nitrogens is 1. The Morgan fingerprint density at radius 1 is 1.58 bits per heavy atom. The van der Waals surface area contributed by atoms with Gasteiger partial charge in [-0.15, -0.1) is 0 Å². The van der Waals surface area contributed by atoms with Gasteiger partial charge in [0.25, 0.3) is 0 Å². The third-order valence-electron chi connectivity index (χ3n) is 1.42. The normalized spacial score (nSPS) is 11.6. The molecule has 0 aliphatic rings. The van der Waals surface area contributed by atoms with Crippen LogP contribution in [0.15, 0.2) is 23.5 Å². The molecule has 0 radical (unpaired) electrons. The summed E-state index contributed by atoms with van der Waals surface area (Å²) in [6.45, 7) is 1.70. The van der Waals surface area contributed by atoms with Crippen LogP contribution in [0.3, 0.4) is 0 Å². The van der Waals surface area contributed by atoms with E-state index in [1.165, 1.54) is 6.20 Å². The van der Waals surface area contributed by atoms with Crippen LogP contribution in [0.5, 0.6) is 5.75 Å². The topological polar surface area (TPSA) is 65.7 Å². The molecule has 0 atom stereocenters. The van der Waals surface area contributed by atoms with Crippen LogP contribution in [-0.4, -0.2) is 21.0 Å². The number of hydrogen-bond acceptors (Lipinski definition) is 4. The summed E-state index contributed by atoms with van der Waals surface area (Å²) in [4.78, 5) is 3.92. The standard InChI is InChI=1S/C8H10N2O2/c1-6(10-12)4-7-2-3-8(11)5-9-7/h2-3,5,11-12H,4H2,1H3. The van der Waals surface area contributed by atoms with Crippen molar-refractivity contribution in [1.82, 2.24) is 4.98 Å². The molecule has 0 saturated carbocycles. The minimum atomic E-state index is 0.136. The molecular formula is C8H10N2O2. The van der Waals surface area contributed by atoms with Gasteiger partial charge in [-0.1, -0.05) is 5.16 Å². The molecule has 0 saturated heterocycles. The van der Waals surface area contributed by atoms with Gasteiger partial charge in [0.1, 0.15) is 5.75 Å². The fraction of sp³-hybridized carbons (Fsp3) is 0.250. The highest BCUT2D eigenvalue weighted by molar-refractivity contribution is 5.83. The van der Waals surface area contributed by atoms with E-state index in [2.05, 4.69) is 10.1 Å². The summed E-state index contributed by atoms with van der Waals surface area (Å²) in [5.41, 5.74) is 1.36. The van der Waals surface area contributed by atoms with E-state index in [-0.39, 0.29) is 5.75 Å². The number of aromatic hydroxyl groups is 1. The van der Waals surface area contributed by atoms with Gasteiger partial charge in [-0.25, -0.2) is 0 Å². The first-order valence-corrected chi connectivity index (χ1v) is 3.54. The first-order valence-electron chi connectivity index (χ1n) is 3.54. The molecule has 0 fully saturated rings. The summed E-state index contributed by atoms with van der Waals surface area (Å²) in [5.74, 6) is 0.136. The van der Waals surface area contributed by atoms with Crippen LogP contribution in [0.4, 0.5) is 0 Å². The van der Waals surface area contributed by atoms with Gasteiger partial charge in [0, 0.05) is 12.1 Å². The van der Waals surface area contributed by atoms with Crippen LogP contribution >= 0.6 is 0 Å². The zero-order valence-corrected chi connectivity index (χ0v) is 6.73. The Morgan fingerprint density at radius 2 is 2.33 bits per heavy atom. The lowest BCUT2D eigenvalue weighted by atomic mass is 10.2. The predicted octanol–water partition coefficient (Wildman–Crippen LogP) is 1.18. The highest BCUT2D eigenvalue weighted by atomic mass is 16.4. The zero-order valence-electron chi connectivity index (χ0n) is 6.73. The summed E-state index contributed by atoms with van der Waals surface area (Å²) in [7, 11) is 0. The molecule has 1 rings (SSSR count). The van der Waals surface area contributed by atoms with E-state index in [4.69, 9.17) is 10.3 Å². The van der Waals surface area contributed by atoms with E-state index in [0.29, 0.717) is 12.1 Å². The number of pyridine rings is 1. The monoisotopic (exact) mass is 166 g/mol. The van der Waals surface area contributed by atoms with Gasteiger partial charge in [0.05, 0.1) is 11.9 Å². The lowest BCUT2D eigenvalue weighted by Crippen LogP contribution is -1.99. The third kappa shape index (κ3) is 2.23.